The highest BCUT2D eigenvalue weighted by Gasteiger charge is 2.33. The molecule has 0 aliphatic carbocycles. The lowest BCUT2D eigenvalue weighted by atomic mass is 10.2. The van der Waals surface area contributed by atoms with E-state index >= 15 is 0 Å². The summed E-state index contributed by atoms with van der Waals surface area (Å²) in [5, 5.41) is 15.9. The molecule has 19 heavy (non-hydrogen) atoms. The Morgan fingerprint density at radius 3 is 2.26 bits per heavy atom. The number of hydrogen-bond acceptors (Lipinski definition) is 4. The average Bonchev–Trinajstić information content (AvgIpc) is 2.27. The van der Waals surface area contributed by atoms with Crippen LogP contribution in [0.15, 0.2) is 46.0 Å². The molecule has 0 aliphatic rings. The van der Waals surface area contributed by atoms with Crippen molar-refractivity contribution < 1.29 is 23.1 Å². The number of Topliss-reactive ketones (excluding diaryl/α,β-unsaturated/α-hetero) is 1. The molecule has 0 bridgehead atoms. The Hall–Kier alpha value is -2.18. The van der Waals surface area contributed by atoms with Crippen LogP contribution < -0.4 is 0 Å². The monoisotopic (exact) mass is 272 g/mol. The summed E-state index contributed by atoms with van der Waals surface area (Å²) in [5.74, 6) is -0.992. The van der Waals surface area contributed by atoms with E-state index in [9.17, 15) is 23.1 Å². The highest BCUT2D eigenvalue weighted by Crippen LogP contribution is 2.36. The summed E-state index contributed by atoms with van der Waals surface area (Å²) in [6.07, 6.45) is -4.57. The summed E-state index contributed by atoms with van der Waals surface area (Å²) in [7, 11) is 0. The van der Waals surface area contributed by atoms with Gasteiger partial charge in [0.1, 0.15) is 5.76 Å². The van der Waals surface area contributed by atoms with Crippen molar-refractivity contribution in [2.75, 3.05) is 0 Å². The topological polar surface area (TPSA) is 62.0 Å². The van der Waals surface area contributed by atoms with Crippen LogP contribution in [0.3, 0.4) is 0 Å². The number of nitrogens with zero attached hydrogens (tertiary/aromatic N) is 2. The van der Waals surface area contributed by atoms with Gasteiger partial charge in [0.25, 0.3) is 0 Å². The third kappa shape index (κ3) is 3.90. The zero-order valence-electron chi connectivity index (χ0n) is 10.2. The van der Waals surface area contributed by atoms with Crippen LogP contribution in [-0.4, -0.2) is 10.9 Å². The molecule has 7 heteroatoms. The first-order valence-electron chi connectivity index (χ1n) is 5.22. The van der Waals surface area contributed by atoms with E-state index in [-0.39, 0.29) is 5.70 Å². The number of hydrogen-bond donors (Lipinski definition) is 1. The molecule has 1 aromatic rings. The quantitative estimate of drug-likeness (QED) is 0.510. The smallest absolute Gasteiger partial charge is 0.418 e. The van der Waals surface area contributed by atoms with Gasteiger partial charge in [0.2, 0.25) is 0 Å². The van der Waals surface area contributed by atoms with Gasteiger partial charge in [0, 0.05) is 6.92 Å². The van der Waals surface area contributed by atoms with E-state index < -0.39 is 29.0 Å². The van der Waals surface area contributed by atoms with E-state index in [0.29, 0.717) is 0 Å². The van der Waals surface area contributed by atoms with Crippen LogP contribution in [0.4, 0.5) is 18.9 Å². The second-order valence-electron chi connectivity index (χ2n) is 3.71. The van der Waals surface area contributed by atoms with E-state index in [2.05, 4.69) is 10.2 Å². The lowest BCUT2D eigenvalue weighted by Gasteiger charge is -2.08. The highest BCUT2D eigenvalue weighted by molar-refractivity contribution is 5.93. The predicted molar refractivity (Wildman–Crippen MR) is 62.0 cm³/mol. The number of carbonyl (C=O) groups is 1. The summed E-state index contributed by atoms with van der Waals surface area (Å²) in [5.41, 5.74) is -1.76. The van der Waals surface area contributed by atoms with Crippen LogP contribution in [0.2, 0.25) is 0 Å². The van der Waals surface area contributed by atoms with E-state index in [1.807, 2.05) is 0 Å². The first-order chi connectivity index (χ1) is 8.73. The fourth-order valence-corrected chi connectivity index (χ4v) is 1.30. The zero-order chi connectivity index (χ0) is 14.6. The number of allylic oxidation sites excluding steroid dienone is 2. The normalized spacial score (nSPS) is 13.5. The number of alkyl halides is 3. The number of halogens is 3. The highest BCUT2D eigenvalue weighted by atomic mass is 19.4. The molecule has 0 heterocycles. The molecule has 0 radical (unpaired) electrons. The molecule has 1 rings (SSSR count). The van der Waals surface area contributed by atoms with E-state index in [4.69, 9.17) is 0 Å². The van der Waals surface area contributed by atoms with Gasteiger partial charge in [0.15, 0.2) is 11.5 Å². The number of aliphatic hydroxyl groups is 1. The molecule has 1 N–H and O–H groups in total. The van der Waals surface area contributed by atoms with Crippen LogP contribution in [0.25, 0.3) is 0 Å². The number of carbonyl (C=O) groups excluding carboxylic acids is 1. The lowest BCUT2D eigenvalue weighted by molar-refractivity contribution is -0.137. The SMILES string of the molecule is CC(=O)/C(N=Nc1ccccc1C(F)(F)F)=C(\C)O. The number of azo groups is 1. The minimum absolute atomic E-state index is 0.378. The maximum atomic E-state index is 12.7. The standard InChI is InChI=1S/C12H11F3N2O2/c1-7(18)11(8(2)19)17-16-10-6-4-3-5-9(10)12(13,14)15/h3-6,18H,1-2H3/b11-7-,17-16?. The average molecular weight is 272 g/mol. The number of rotatable bonds is 3. The lowest BCUT2D eigenvalue weighted by Crippen LogP contribution is -2.04. The number of benzene rings is 1. The molecule has 0 aromatic heterocycles. The molecule has 0 spiro atoms. The van der Waals surface area contributed by atoms with Crippen LogP contribution in [0.1, 0.15) is 19.4 Å². The molecule has 0 saturated carbocycles. The Balaban J connectivity index is 3.21. The van der Waals surface area contributed by atoms with E-state index in [1.54, 1.807) is 0 Å². The largest absolute Gasteiger partial charge is 0.510 e. The first kappa shape index (κ1) is 14.9. The fourth-order valence-electron chi connectivity index (χ4n) is 1.30. The van der Waals surface area contributed by atoms with Crippen LogP contribution >= 0.6 is 0 Å². The molecular weight excluding hydrogens is 261 g/mol. The van der Waals surface area contributed by atoms with Crippen LogP contribution in [0, 0.1) is 0 Å². The van der Waals surface area contributed by atoms with Crippen molar-refractivity contribution in [1.82, 2.24) is 0 Å². The Morgan fingerprint density at radius 1 is 1.21 bits per heavy atom. The fraction of sp³-hybridized carbons (Fsp3) is 0.250. The molecule has 0 atom stereocenters. The van der Waals surface area contributed by atoms with Crippen molar-refractivity contribution in [3.05, 3.63) is 41.3 Å². The molecule has 0 amide bonds. The van der Waals surface area contributed by atoms with Crippen molar-refractivity contribution in [2.45, 2.75) is 20.0 Å². The van der Waals surface area contributed by atoms with Gasteiger partial charge in [-0.25, -0.2) is 0 Å². The van der Waals surface area contributed by atoms with Gasteiger partial charge < -0.3 is 5.11 Å². The van der Waals surface area contributed by atoms with Gasteiger partial charge in [0.05, 0.1) is 11.3 Å². The maximum Gasteiger partial charge on any atom is 0.418 e. The maximum absolute atomic E-state index is 12.7. The summed E-state index contributed by atoms with van der Waals surface area (Å²) >= 11 is 0. The summed E-state index contributed by atoms with van der Waals surface area (Å²) in [6.45, 7) is 2.33. The van der Waals surface area contributed by atoms with Crippen LogP contribution in [-0.2, 0) is 11.0 Å². The van der Waals surface area contributed by atoms with Gasteiger partial charge in [-0.2, -0.15) is 13.2 Å². The molecular formula is C12H11F3N2O2. The molecule has 0 saturated heterocycles. The van der Waals surface area contributed by atoms with Gasteiger partial charge >= 0.3 is 6.18 Å². The van der Waals surface area contributed by atoms with E-state index in [1.165, 1.54) is 19.1 Å². The predicted octanol–water partition coefficient (Wildman–Crippen LogP) is 4.17. The molecule has 0 fully saturated rings. The molecule has 102 valence electrons. The second kappa shape index (κ2) is 5.64. The summed E-state index contributed by atoms with van der Waals surface area (Å²) in [4.78, 5) is 11.1. The first-order valence-corrected chi connectivity index (χ1v) is 5.22. The molecule has 0 aliphatic heterocycles. The van der Waals surface area contributed by atoms with Gasteiger partial charge in [-0.15, -0.1) is 10.2 Å². The summed E-state index contributed by atoms with van der Waals surface area (Å²) < 4.78 is 38.0. The molecule has 4 nitrogen and oxygen atoms in total. The third-order valence-electron chi connectivity index (χ3n) is 2.14. The van der Waals surface area contributed by atoms with Gasteiger partial charge in [-0.3, -0.25) is 4.79 Å². The minimum Gasteiger partial charge on any atom is -0.510 e. The van der Waals surface area contributed by atoms with Crippen molar-refractivity contribution >= 4 is 11.5 Å². The van der Waals surface area contributed by atoms with Crippen molar-refractivity contribution in [3.63, 3.8) is 0 Å². The van der Waals surface area contributed by atoms with Gasteiger partial charge in [-0.1, -0.05) is 12.1 Å². The number of ketones is 1. The van der Waals surface area contributed by atoms with Gasteiger partial charge in [-0.05, 0) is 19.1 Å². The van der Waals surface area contributed by atoms with Crippen molar-refractivity contribution in [3.8, 4) is 0 Å². The van der Waals surface area contributed by atoms with Crippen molar-refractivity contribution in [2.24, 2.45) is 10.2 Å². The third-order valence-corrected chi connectivity index (χ3v) is 2.14. The van der Waals surface area contributed by atoms with Crippen LogP contribution in [0.5, 0.6) is 0 Å². The molecule has 1 aromatic carbocycles. The second-order valence-corrected chi connectivity index (χ2v) is 3.71. The Labute approximate surface area is 107 Å². The minimum atomic E-state index is -4.57. The Bertz CT molecular complexity index is 544. The summed E-state index contributed by atoms with van der Waals surface area (Å²) in [6, 6.07) is 4.57. The zero-order valence-corrected chi connectivity index (χ0v) is 10.2. The van der Waals surface area contributed by atoms with Crippen molar-refractivity contribution in [1.29, 1.82) is 0 Å². The van der Waals surface area contributed by atoms with E-state index in [0.717, 1.165) is 19.1 Å². The Kier molecular flexibility index (Phi) is 4.42. The number of aliphatic hydroxyl groups excluding tert-OH is 1. The molecule has 0 unspecified atom stereocenters. The Morgan fingerprint density at radius 2 is 1.79 bits per heavy atom.